The molecule has 10 heteroatoms. The highest BCUT2D eigenvalue weighted by atomic mass is 32.2. The summed E-state index contributed by atoms with van der Waals surface area (Å²) >= 11 is 0.753. The maximum Gasteiger partial charge on any atom is 0.294 e. The molecule has 0 aliphatic carbocycles. The zero-order valence-electron chi connectivity index (χ0n) is 19.4. The van der Waals surface area contributed by atoms with Gasteiger partial charge in [0.25, 0.3) is 11.1 Å². The number of hydrogen-bond acceptors (Lipinski definition) is 7. The highest BCUT2D eigenvalue weighted by molar-refractivity contribution is 8.18. The molecule has 1 N–H and O–H groups in total. The van der Waals surface area contributed by atoms with Crippen molar-refractivity contribution in [1.29, 1.82) is 0 Å². The van der Waals surface area contributed by atoms with Gasteiger partial charge in [-0.15, -0.1) is 0 Å². The number of fused-ring (bicyclic) bond motifs is 1. The number of carbonyl (C=O) groups is 3. The lowest BCUT2D eigenvalue weighted by atomic mass is 10.2. The number of halogens is 1. The topological polar surface area (TPSA) is 94.2 Å². The van der Waals surface area contributed by atoms with Crippen molar-refractivity contribution < 1.29 is 33.0 Å². The van der Waals surface area contributed by atoms with Crippen LogP contribution in [0, 0.1) is 5.82 Å². The maximum absolute atomic E-state index is 13.8. The summed E-state index contributed by atoms with van der Waals surface area (Å²) in [5.41, 5.74) is 1.50. The summed E-state index contributed by atoms with van der Waals surface area (Å²) in [6, 6.07) is 18.2. The second kappa shape index (κ2) is 10.8. The van der Waals surface area contributed by atoms with Gasteiger partial charge < -0.3 is 19.5 Å². The number of imide groups is 1. The second-order valence-electron chi connectivity index (χ2n) is 8.13. The van der Waals surface area contributed by atoms with Crippen molar-refractivity contribution in [2.75, 3.05) is 25.1 Å². The summed E-state index contributed by atoms with van der Waals surface area (Å²) in [6.45, 7) is 0.484. The minimum atomic E-state index is -0.565. The lowest BCUT2D eigenvalue weighted by Gasteiger charge is -2.19. The average molecular weight is 521 g/mol. The van der Waals surface area contributed by atoms with Crippen molar-refractivity contribution in [3.63, 3.8) is 0 Å². The lowest BCUT2D eigenvalue weighted by molar-refractivity contribution is -0.127. The van der Waals surface area contributed by atoms with Crippen LogP contribution in [0.3, 0.4) is 0 Å². The Hall–Kier alpha value is -4.31. The van der Waals surface area contributed by atoms with Gasteiger partial charge in [-0.3, -0.25) is 19.3 Å². The van der Waals surface area contributed by atoms with Gasteiger partial charge in [-0.1, -0.05) is 30.3 Å². The largest absolute Gasteiger partial charge is 0.489 e. The number of nitrogens with one attached hydrogen (secondary N) is 1. The molecule has 2 aliphatic rings. The van der Waals surface area contributed by atoms with Crippen LogP contribution in [-0.2, 0) is 16.2 Å². The van der Waals surface area contributed by atoms with E-state index < -0.39 is 23.6 Å². The fraction of sp³-hybridized carbons (Fsp3) is 0.148. The molecule has 3 amide bonds. The summed E-state index contributed by atoms with van der Waals surface area (Å²) in [5, 5.41) is 2.13. The molecule has 0 bridgehead atoms. The standard InChI is InChI=1S/C27H21FN2O6S/c28-21-7-2-1-5-18(21)16-36-20-6-3-4-17(12-20)13-24-26(32)30(27(33)37-24)15-25(31)29-19-8-9-22-23(14-19)35-11-10-34-22/h1-9,12-14H,10-11,15-16H2,(H,29,31)/b24-13+. The Morgan fingerprint density at radius 2 is 1.84 bits per heavy atom. The van der Waals surface area contributed by atoms with Gasteiger partial charge in [0.05, 0.1) is 4.91 Å². The van der Waals surface area contributed by atoms with E-state index in [1.807, 2.05) is 0 Å². The first-order valence-electron chi connectivity index (χ1n) is 11.4. The van der Waals surface area contributed by atoms with E-state index >= 15 is 0 Å². The van der Waals surface area contributed by atoms with Crippen molar-refractivity contribution >= 4 is 40.6 Å². The van der Waals surface area contributed by atoms with Crippen LogP contribution in [0.1, 0.15) is 11.1 Å². The Morgan fingerprint density at radius 1 is 1.03 bits per heavy atom. The monoisotopic (exact) mass is 520 g/mol. The molecular weight excluding hydrogens is 499 g/mol. The van der Waals surface area contributed by atoms with E-state index in [2.05, 4.69) is 5.32 Å². The Bertz CT molecular complexity index is 1410. The summed E-state index contributed by atoms with van der Waals surface area (Å²) < 4.78 is 30.5. The summed E-state index contributed by atoms with van der Waals surface area (Å²) in [4.78, 5) is 39.0. The van der Waals surface area contributed by atoms with Crippen LogP contribution in [0.25, 0.3) is 6.08 Å². The molecule has 0 aromatic heterocycles. The first kappa shape index (κ1) is 24.4. The normalized spacial score (nSPS) is 15.7. The van der Waals surface area contributed by atoms with Crippen molar-refractivity contribution in [3.05, 3.63) is 88.6 Å². The van der Waals surface area contributed by atoms with Crippen LogP contribution in [-0.4, -0.2) is 41.7 Å². The number of rotatable bonds is 7. The van der Waals surface area contributed by atoms with E-state index in [0.29, 0.717) is 47.3 Å². The molecule has 8 nitrogen and oxygen atoms in total. The first-order valence-corrected chi connectivity index (χ1v) is 12.2. The molecule has 3 aromatic rings. The Morgan fingerprint density at radius 3 is 2.68 bits per heavy atom. The van der Waals surface area contributed by atoms with Gasteiger partial charge in [0, 0.05) is 17.3 Å². The van der Waals surface area contributed by atoms with Gasteiger partial charge in [-0.2, -0.15) is 0 Å². The second-order valence-corrected chi connectivity index (χ2v) is 9.12. The number of thioether (sulfide) groups is 1. The molecule has 5 rings (SSSR count). The van der Waals surface area contributed by atoms with E-state index in [9.17, 15) is 18.8 Å². The third kappa shape index (κ3) is 5.75. The summed E-state index contributed by atoms with van der Waals surface area (Å²) in [6.07, 6.45) is 1.56. The SMILES string of the molecule is O=C(CN1C(=O)S/C(=C/c2cccc(OCc3ccccc3F)c2)C1=O)Nc1ccc2c(c1)OCCO2. The van der Waals surface area contributed by atoms with E-state index in [0.717, 1.165) is 16.7 Å². The highest BCUT2D eigenvalue weighted by Crippen LogP contribution is 2.34. The van der Waals surface area contributed by atoms with Gasteiger partial charge in [0.2, 0.25) is 5.91 Å². The van der Waals surface area contributed by atoms with E-state index in [-0.39, 0.29) is 17.3 Å². The molecule has 2 aliphatic heterocycles. The highest BCUT2D eigenvalue weighted by Gasteiger charge is 2.36. The van der Waals surface area contributed by atoms with E-state index in [1.165, 1.54) is 6.07 Å². The van der Waals surface area contributed by atoms with Crippen LogP contribution < -0.4 is 19.5 Å². The number of ether oxygens (including phenoxy) is 3. The number of hydrogen-bond donors (Lipinski definition) is 1. The van der Waals surface area contributed by atoms with Crippen LogP contribution in [0.15, 0.2) is 71.6 Å². The zero-order valence-corrected chi connectivity index (χ0v) is 20.3. The molecule has 0 radical (unpaired) electrons. The Labute approximate surface area is 216 Å². The van der Waals surface area contributed by atoms with Gasteiger partial charge in [-0.25, -0.2) is 4.39 Å². The van der Waals surface area contributed by atoms with Crippen LogP contribution in [0.5, 0.6) is 17.2 Å². The lowest BCUT2D eigenvalue weighted by Crippen LogP contribution is -2.36. The first-order chi connectivity index (χ1) is 18.0. The Kier molecular flexibility index (Phi) is 7.09. The molecule has 188 valence electrons. The predicted octanol–water partition coefficient (Wildman–Crippen LogP) is 4.85. The number of amides is 3. The van der Waals surface area contributed by atoms with Crippen molar-refractivity contribution in [1.82, 2.24) is 4.90 Å². The van der Waals surface area contributed by atoms with Crippen molar-refractivity contribution in [3.8, 4) is 17.2 Å². The average Bonchev–Trinajstić information content (AvgIpc) is 3.15. The number of nitrogens with zero attached hydrogens (tertiary/aromatic N) is 1. The molecule has 37 heavy (non-hydrogen) atoms. The molecule has 0 atom stereocenters. The number of benzene rings is 3. The van der Waals surface area contributed by atoms with Crippen molar-refractivity contribution in [2.45, 2.75) is 6.61 Å². The minimum absolute atomic E-state index is 0.0467. The predicted molar refractivity (Wildman–Crippen MR) is 136 cm³/mol. The van der Waals surface area contributed by atoms with Gasteiger partial charge in [0.15, 0.2) is 11.5 Å². The van der Waals surface area contributed by atoms with E-state index in [1.54, 1.807) is 66.7 Å². The molecule has 0 unspecified atom stereocenters. The molecule has 3 aromatic carbocycles. The summed E-state index contributed by atoms with van der Waals surface area (Å²) in [7, 11) is 0. The zero-order chi connectivity index (χ0) is 25.8. The number of anilines is 1. The van der Waals surface area contributed by atoms with Gasteiger partial charge in [-0.05, 0) is 53.7 Å². The minimum Gasteiger partial charge on any atom is -0.489 e. The van der Waals surface area contributed by atoms with E-state index in [4.69, 9.17) is 14.2 Å². The fourth-order valence-electron chi connectivity index (χ4n) is 3.72. The third-order valence-electron chi connectivity index (χ3n) is 5.51. The quantitative estimate of drug-likeness (QED) is 0.445. The molecule has 0 saturated carbocycles. The molecule has 1 fully saturated rings. The van der Waals surface area contributed by atoms with Gasteiger partial charge in [0.1, 0.15) is 37.9 Å². The maximum atomic E-state index is 13.8. The molecule has 1 saturated heterocycles. The molecular formula is C27H21FN2O6S. The summed E-state index contributed by atoms with van der Waals surface area (Å²) in [5.74, 6) is 0.134. The van der Waals surface area contributed by atoms with Gasteiger partial charge >= 0.3 is 0 Å². The van der Waals surface area contributed by atoms with Crippen LogP contribution >= 0.6 is 11.8 Å². The fourth-order valence-corrected chi connectivity index (χ4v) is 4.56. The smallest absolute Gasteiger partial charge is 0.294 e. The Balaban J connectivity index is 1.22. The molecule has 0 spiro atoms. The van der Waals surface area contributed by atoms with Crippen LogP contribution in [0.4, 0.5) is 14.9 Å². The third-order valence-corrected chi connectivity index (χ3v) is 6.42. The van der Waals surface area contributed by atoms with Crippen LogP contribution in [0.2, 0.25) is 0 Å². The number of carbonyl (C=O) groups excluding carboxylic acids is 3. The van der Waals surface area contributed by atoms with Crippen molar-refractivity contribution in [2.24, 2.45) is 0 Å². The molecule has 2 heterocycles.